The third kappa shape index (κ3) is 6.90. The molecular formula is C20H19ClF3NO2S2. The number of hydrogen-bond acceptors (Lipinski definition) is 4. The number of carbonyl (C=O) groups is 1. The minimum atomic E-state index is -4.21. The van der Waals surface area contributed by atoms with Crippen LogP contribution in [0.1, 0.15) is 18.2 Å². The molecule has 0 aliphatic rings. The third-order valence-corrected chi connectivity index (χ3v) is 5.22. The fourth-order valence-corrected chi connectivity index (χ4v) is 3.60. The van der Waals surface area contributed by atoms with Crippen LogP contribution in [0.15, 0.2) is 46.2 Å². The molecule has 9 heteroatoms. The summed E-state index contributed by atoms with van der Waals surface area (Å²) in [6.45, 7) is 3.55. The smallest absolute Gasteiger partial charge is 0.446 e. The van der Waals surface area contributed by atoms with Gasteiger partial charge in [-0.2, -0.15) is 13.2 Å². The molecule has 3 rings (SSSR count). The maximum atomic E-state index is 11.8. The first kappa shape index (κ1) is 23.5. The van der Waals surface area contributed by atoms with Crippen LogP contribution in [0.4, 0.5) is 13.2 Å². The lowest BCUT2D eigenvalue weighted by Gasteiger charge is -2.04. The van der Waals surface area contributed by atoms with Crippen molar-refractivity contribution in [3.8, 4) is 5.75 Å². The number of ketones is 1. The number of Topliss-reactive ketones (excluding diaryl/α,β-unsaturated/α-hetero) is 1. The van der Waals surface area contributed by atoms with Crippen molar-refractivity contribution in [2.75, 3.05) is 7.11 Å². The van der Waals surface area contributed by atoms with Gasteiger partial charge in [0.1, 0.15) is 11.5 Å². The van der Waals surface area contributed by atoms with Crippen molar-refractivity contribution >= 4 is 52.7 Å². The van der Waals surface area contributed by atoms with Crippen molar-refractivity contribution in [1.82, 2.24) is 4.98 Å². The summed E-state index contributed by atoms with van der Waals surface area (Å²) >= 11 is 9.89. The van der Waals surface area contributed by atoms with Crippen LogP contribution in [0.25, 0.3) is 10.9 Å². The van der Waals surface area contributed by atoms with E-state index in [-0.39, 0.29) is 22.4 Å². The monoisotopic (exact) mass is 461 g/mol. The molecule has 0 atom stereocenters. The molecule has 156 valence electrons. The van der Waals surface area contributed by atoms with Crippen LogP contribution in [0.3, 0.4) is 0 Å². The molecule has 3 aromatic rings. The second-order valence-electron chi connectivity index (χ2n) is 6.18. The number of thioether (sulfide) groups is 1. The molecule has 0 aliphatic carbocycles. The number of methoxy groups -OCH3 is 1. The lowest BCUT2D eigenvalue weighted by atomic mass is 10.1. The predicted molar refractivity (Wildman–Crippen MR) is 115 cm³/mol. The van der Waals surface area contributed by atoms with Gasteiger partial charge in [0.05, 0.1) is 12.1 Å². The first-order chi connectivity index (χ1) is 13.5. The maximum absolute atomic E-state index is 11.8. The number of nitrogens with one attached hydrogen (secondary N) is 1. The maximum Gasteiger partial charge on any atom is 0.446 e. The first-order valence-electron chi connectivity index (χ1n) is 8.39. The quantitative estimate of drug-likeness (QED) is 0.329. The first-order valence-corrected chi connectivity index (χ1v) is 10.0. The van der Waals surface area contributed by atoms with Gasteiger partial charge in [0, 0.05) is 32.8 Å². The zero-order valence-electron chi connectivity index (χ0n) is 15.9. The SMILES string of the molecule is COc1cc2c(CC(C)=O)c(C)[nH]c2cc1Cl.FC(F)(F)Sc1ccc(S)cc1. The van der Waals surface area contributed by atoms with E-state index in [9.17, 15) is 18.0 Å². The van der Waals surface area contributed by atoms with Crippen LogP contribution in [0, 0.1) is 6.92 Å². The summed E-state index contributed by atoms with van der Waals surface area (Å²) in [4.78, 5) is 15.3. The molecule has 0 aliphatic heterocycles. The standard InChI is InChI=1S/C13H14ClNO2.C7H5F3S2/c1-7(16)4-9-8(2)15-12-6-11(14)13(17-3)5-10(9)12;8-7(9,10)12-6-3-1-5(11)2-4-6/h5-6,15H,4H2,1-3H3;1-4,11H. The van der Waals surface area contributed by atoms with E-state index in [2.05, 4.69) is 17.6 Å². The minimum absolute atomic E-state index is 0.125. The van der Waals surface area contributed by atoms with Crippen molar-refractivity contribution < 1.29 is 22.7 Å². The number of carbonyl (C=O) groups excluding carboxylic acids is 1. The molecule has 0 unspecified atom stereocenters. The van der Waals surface area contributed by atoms with Gasteiger partial charge >= 0.3 is 5.51 Å². The highest BCUT2D eigenvalue weighted by Gasteiger charge is 2.28. The summed E-state index contributed by atoms with van der Waals surface area (Å²) in [7, 11) is 1.58. The Morgan fingerprint density at radius 2 is 1.86 bits per heavy atom. The fraction of sp³-hybridized carbons (Fsp3) is 0.250. The van der Waals surface area contributed by atoms with Crippen molar-refractivity contribution in [2.24, 2.45) is 0 Å². The molecular weight excluding hydrogens is 443 g/mol. The van der Waals surface area contributed by atoms with E-state index in [0.29, 0.717) is 22.1 Å². The topological polar surface area (TPSA) is 42.1 Å². The summed E-state index contributed by atoms with van der Waals surface area (Å²) < 4.78 is 40.5. The van der Waals surface area contributed by atoms with Gasteiger partial charge in [-0.25, -0.2) is 0 Å². The Kier molecular flexibility index (Phi) is 7.96. The number of aromatic amines is 1. The number of aryl methyl sites for hydroxylation is 1. The molecule has 1 aromatic heterocycles. The number of rotatable bonds is 4. The van der Waals surface area contributed by atoms with Gasteiger partial charge < -0.3 is 9.72 Å². The van der Waals surface area contributed by atoms with Crippen molar-refractivity contribution in [1.29, 1.82) is 0 Å². The molecule has 0 saturated heterocycles. The average Bonchev–Trinajstić information content (AvgIpc) is 2.89. The van der Waals surface area contributed by atoms with Crippen molar-refractivity contribution in [3.63, 3.8) is 0 Å². The lowest BCUT2D eigenvalue weighted by Crippen LogP contribution is -1.98. The Morgan fingerprint density at radius 1 is 1.24 bits per heavy atom. The number of ether oxygens (including phenoxy) is 1. The third-order valence-electron chi connectivity index (χ3n) is 3.89. The number of hydrogen-bond donors (Lipinski definition) is 2. The minimum Gasteiger partial charge on any atom is -0.495 e. The molecule has 1 heterocycles. The van der Waals surface area contributed by atoms with Crippen LogP contribution in [-0.4, -0.2) is 23.4 Å². The summed E-state index contributed by atoms with van der Waals surface area (Å²) in [5.74, 6) is 0.769. The van der Waals surface area contributed by atoms with Gasteiger partial charge in [0.25, 0.3) is 0 Å². The molecule has 0 fully saturated rings. The molecule has 0 amide bonds. The van der Waals surface area contributed by atoms with Gasteiger partial charge in [0.15, 0.2) is 0 Å². The van der Waals surface area contributed by atoms with Gasteiger partial charge in [-0.15, -0.1) is 12.6 Å². The molecule has 0 saturated carbocycles. The molecule has 0 spiro atoms. The Labute approximate surface area is 181 Å². The molecule has 29 heavy (non-hydrogen) atoms. The molecule has 2 aromatic carbocycles. The van der Waals surface area contributed by atoms with Crippen LogP contribution in [-0.2, 0) is 11.2 Å². The van der Waals surface area contributed by atoms with E-state index in [4.69, 9.17) is 16.3 Å². The van der Waals surface area contributed by atoms with Crippen molar-refractivity contribution in [3.05, 3.63) is 52.7 Å². The Balaban J connectivity index is 0.000000221. The molecule has 3 nitrogen and oxygen atoms in total. The predicted octanol–water partition coefficient (Wildman–Crippen LogP) is 6.86. The van der Waals surface area contributed by atoms with E-state index in [0.717, 1.165) is 22.2 Å². The van der Waals surface area contributed by atoms with E-state index < -0.39 is 5.51 Å². The summed E-state index contributed by atoms with van der Waals surface area (Å²) in [6, 6.07) is 9.53. The number of thiol groups is 1. The lowest BCUT2D eigenvalue weighted by molar-refractivity contribution is -0.116. The number of H-pyrrole nitrogens is 1. The molecule has 0 bridgehead atoms. The van der Waals surface area contributed by atoms with Gasteiger partial charge in [-0.3, -0.25) is 4.79 Å². The van der Waals surface area contributed by atoms with E-state index in [1.165, 1.54) is 24.3 Å². The number of alkyl halides is 3. The van der Waals surface area contributed by atoms with E-state index >= 15 is 0 Å². The zero-order valence-corrected chi connectivity index (χ0v) is 18.3. The second-order valence-corrected chi connectivity index (χ2v) is 8.24. The Hall–Kier alpha value is -1.77. The number of halogens is 4. The van der Waals surface area contributed by atoms with Crippen molar-refractivity contribution in [2.45, 2.75) is 35.6 Å². The molecule has 1 N–H and O–H groups in total. The zero-order chi connectivity index (χ0) is 21.8. The average molecular weight is 462 g/mol. The Bertz CT molecular complexity index is 1000. The Morgan fingerprint density at radius 3 is 2.38 bits per heavy atom. The highest BCUT2D eigenvalue weighted by Crippen LogP contribution is 2.37. The van der Waals surface area contributed by atoms with Crippen LogP contribution in [0.2, 0.25) is 5.02 Å². The summed E-state index contributed by atoms with van der Waals surface area (Å²) in [6.07, 6.45) is 0.427. The molecule has 0 radical (unpaired) electrons. The second kappa shape index (κ2) is 9.82. The number of fused-ring (bicyclic) bond motifs is 1. The van der Waals surface area contributed by atoms with Crippen LogP contribution < -0.4 is 4.74 Å². The normalized spacial score (nSPS) is 11.2. The number of benzene rings is 2. The largest absolute Gasteiger partial charge is 0.495 e. The highest BCUT2D eigenvalue weighted by molar-refractivity contribution is 8.00. The van der Waals surface area contributed by atoms with Crippen LogP contribution >= 0.6 is 36.0 Å². The highest BCUT2D eigenvalue weighted by atomic mass is 35.5. The fourth-order valence-electron chi connectivity index (χ4n) is 2.67. The van der Waals surface area contributed by atoms with Gasteiger partial charge in [0.2, 0.25) is 0 Å². The number of aromatic nitrogens is 1. The van der Waals surface area contributed by atoms with E-state index in [1.807, 2.05) is 19.1 Å². The van der Waals surface area contributed by atoms with Gasteiger partial charge in [-0.1, -0.05) is 11.6 Å². The van der Waals surface area contributed by atoms with E-state index in [1.54, 1.807) is 14.0 Å². The van der Waals surface area contributed by atoms with Crippen LogP contribution in [0.5, 0.6) is 5.75 Å². The summed E-state index contributed by atoms with van der Waals surface area (Å²) in [5.41, 5.74) is -1.26. The van der Waals surface area contributed by atoms with Gasteiger partial charge in [-0.05, 0) is 67.6 Å². The summed E-state index contributed by atoms with van der Waals surface area (Å²) in [5, 5.41) is 1.56.